The van der Waals surface area contributed by atoms with Crippen molar-refractivity contribution in [3.8, 4) is 6.07 Å². The lowest BCUT2D eigenvalue weighted by molar-refractivity contribution is -0.230. The number of thioether (sulfide) groups is 1. The summed E-state index contributed by atoms with van der Waals surface area (Å²) in [5.74, 6) is -3.42. The maximum atomic E-state index is 17.5. The van der Waals surface area contributed by atoms with E-state index in [1.165, 1.54) is 19.1 Å². The molecule has 0 aromatic heterocycles. The number of ether oxygens (including phenoxy) is 1. The van der Waals surface area contributed by atoms with Crippen molar-refractivity contribution in [2.75, 3.05) is 5.75 Å². The molecule has 0 aliphatic heterocycles. The Hall–Kier alpha value is -2.05. The number of carbonyl (C=O) groups excluding carboxylic acids is 3. The number of aliphatic hydroxyl groups is 1. The number of fused-ring (bicyclic) bond motifs is 5. The van der Waals surface area contributed by atoms with Gasteiger partial charge in [-0.2, -0.15) is 5.26 Å². The molecule has 4 saturated carbocycles. The van der Waals surface area contributed by atoms with Gasteiger partial charge in [0.2, 0.25) is 5.12 Å². The largest absolute Gasteiger partial charge is 0.449 e. The molecular weight excluding hydrogens is 524 g/mol. The van der Waals surface area contributed by atoms with Gasteiger partial charge in [0.1, 0.15) is 6.17 Å². The lowest BCUT2D eigenvalue weighted by Gasteiger charge is -2.63. The summed E-state index contributed by atoms with van der Waals surface area (Å²) in [6, 6.07) is 1.96. The number of halogens is 2. The second-order valence-corrected chi connectivity index (χ2v) is 13.7. The molecule has 39 heavy (non-hydrogen) atoms. The van der Waals surface area contributed by atoms with Crippen molar-refractivity contribution in [3.05, 3.63) is 23.8 Å². The first-order valence-electron chi connectivity index (χ1n) is 14.1. The van der Waals surface area contributed by atoms with E-state index in [1.807, 2.05) is 6.07 Å². The Morgan fingerprint density at radius 1 is 1.21 bits per heavy atom. The van der Waals surface area contributed by atoms with Crippen LogP contribution in [-0.2, 0) is 19.1 Å². The Bertz CT molecular complexity index is 1180. The van der Waals surface area contributed by atoms with Gasteiger partial charge >= 0.3 is 5.97 Å². The molecule has 5 aliphatic rings. The molecular formula is C30H37F2NO5S. The lowest BCUT2D eigenvalue weighted by Crippen LogP contribution is -2.70. The van der Waals surface area contributed by atoms with Crippen LogP contribution in [0.25, 0.3) is 0 Å². The van der Waals surface area contributed by atoms with Crippen molar-refractivity contribution < 1.29 is 33.0 Å². The average molecular weight is 562 g/mol. The van der Waals surface area contributed by atoms with Crippen LogP contribution in [0.1, 0.15) is 72.1 Å². The van der Waals surface area contributed by atoms with E-state index in [2.05, 4.69) is 0 Å². The molecule has 5 aliphatic carbocycles. The molecule has 1 N–H and O–H groups in total. The first-order valence-corrected chi connectivity index (χ1v) is 15.1. The van der Waals surface area contributed by atoms with Crippen molar-refractivity contribution in [2.45, 2.75) is 95.7 Å². The minimum atomic E-state index is -2.28. The van der Waals surface area contributed by atoms with Gasteiger partial charge in [0.25, 0.3) is 0 Å². The van der Waals surface area contributed by atoms with Crippen LogP contribution in [0.2, 0.25) is 0 Å². The number of alkyl halides is 2. The molecule has 0 bridgehead atoms. The summed E-state index contributed by atoms with van der Waals surface area (Å²) in [7, 11) is 0. The van der Waals surface area contributed by atoms with E-state index in [4.69, 9.17) is 4.74 Å². The Morgan fingerprint density at radius 3 is 2.56 bits per heavy atom. The molecule has 0 aromatic rings. The monoisotopic (exact) mass is 561 g/mol. The van der Waals surface area contributed by atoms with Gasteiger partial charge in [0.05, 0.1) is 23.8 Å². The Kier molecular flexibility index (Phi) is 7.15. The highest BCUT2D eigenvalue weighted by Gasteiger charge is 2.78. The summed E-state index contributed by atoms with van der Waals surface area (Å²) in [4.78, 5) is 39.6. The molecule has 6 nitrogen and oxygen atoms in total. The maximum absolute atomic E-state index is 17.5. The van der Waals surface area contributed by atoms with E-state index in [1.54, 1.807) is 13.8 Å². The van der Waals surface area contributed by atoms with Gasteiger partial charge in [0.15, 0.2) is 17.1 Å². The van der Waals surface area contributed by atoms with Gasteiger partial charge < -0.3 is 9.84 Å². The van der Waals surface area contributed by atoms with Crippen LogP contribution < -0.4 is 0 Å². The van der Waals surface area contributed by atoms with Crippen molar-refractivity contribution in [2.24, 2.45) is 34.5 Å². The maximum Gasteiger partial charge on any atom is 0.309 e. The highest BCUT2D eigenvalue weighted by molar-refractivity contribution is 8.14. The lowest BCUT2D eigenvalue weighted by atomic mass is 9.44. The smallest absolute Gasteiger partial charge is 0.309 e. The predicted molar refractivity (Wildman–Crippen MR) is 142 cm³/mol. The number of hydrogen-bond donors (Lipinski definition) is 1. The van der Waals surface area contributed by atoms with Gasteiger partial charge in [-0.25, -0.2) is 8.78 Å². The van der Waals surface area contributed by atoms with E-state index in [9.17, 15) is 24.8 Å². The van der Waals surface area contributed by atoms with E-state index >= 15 is 8.78 Å². The number of aliphatic hydroxyl groups excluding tert-OH is 1. The fourth-order valence-electron chi connectivity index (χ4n) is 9.00. The molecule has 0 spiro atoms. The molecule has 9 atom stereocenters. The number of ketones is 1. The number of nitrogens with zero attached hydrogens (tertiary/aromatic N) is 1. The van der Waals surface area contributed by atoms with E-state index in [0.29, 0.717) is 19.3 Å². The number of nitriles is 1. The molecule has 0 aromatic carbocycles. The topological polar surface area (TPSA) is 104 Å². The molecule has 4 fully saturated rings. The minimum absolute atomic E-state index is 0.0399. The van der Waals surface area contributed by atoms with Gasteiger partial charge in [-0.3, -0.25) is 14.4 Å². The first-order chi connectivity index (χ1) is 18.4. The predicted octanol–water partition coefficient (Wildman–Crippen LogP) is 5.20. The normalized spacial score (nSPS) is 45.4. The number of esters is 1. The first kappa shape index (κ1) is 28.5. The zero-order valence-corrected chi connectivity index (χ0v) is 23.6. The molecule has 0 saturated heterocycles. The Morgan fingerprint density at radius 2 is 1.90 bits per heavy atom. The fraction of sp³-hybridized carbons (Fsp3) is 0.733. The van der Waals surface area contributed by atoms with Crippen molar-refractivity contribution >= 4 is 28.6 Å². The van der Waals surface area contributed by atoms with Gasteiger partial charge in [0, 0.05) is 22.7 Å². The third-order valence-corrected chi connectivity index (χ3v) is 11.8. The molecule has 2 unspecified atom stereocenters. The summed E-state index contributed by atoms with van der Waals surface area (Å²) in [6.07, 6.45) is 4.64. The standard InChI is InChI=1S/C30H37F2NO5S/c1-17-13-20-21-15-23(31)22-14-19(34)9-10-27(22,2)29(21,32)24(35)16-28(20,3)30(17,26(37)39-12-11-33)38-25(36)18-7-5-4-6-8-18/h9-10,14,17-18,20-21,23-24,35H,4-8,12-13,15-16H2,1-3H3/t17-,20?,21?,23+,24+,27+,28+,29+,30+/m1/s1. The fourth-order valence-corrected chi connectivity index (χ4v) is 9.89. The number of hydrogen-bond acceptors (Lipinski definition) is 7. The van der Waals surface area contributed by atoms with E-state index in [-0.39, 0.29) is 30.1 Å². The Labute approximate surface area is 232 Å². The number of rotatable bonds is 4. The average Bonchev–Trinajstić information content (AvgIpc) is 3.12. The second kappa shape index (κ2) is 9.80. The van der Waals surface area contributed by atoms with Gasteiger partial charge in [-0.05, 0) is 62.7 Å². The molecule has 5 rings (SSSR count). The summed E-state index contributed by atoms with van der Waals surface area (Å²) in [6.45, 7) is 5.11. The summed E-state index contributed by atoms with van der Waals surface area (Å²) in [5, 5.41) is 20.4. The van der Waals surface area contributed by atoms with Crippen LogP contribution >= 0.6 is 11.8 Å². The van der Waals surface area contributed by atoms with Crippen LogP contribution in [0.5, 0.6) is 0 Å². The van der Waals surface area contributed by atoms with Crippen LogP contribution in [-0.4, -0.2) is 51.3 Å². The summed E-state index contributed by atoms with van der Waals surface area (Å²) < 4.78 is 39.6. The van der Waals surface area contributed by atoms with Crippen LogP contribution in [0.4, 0.5) is 8.78 Å². The number of allylic oxidation sites excluding steroid dienone is 4. The van der Waals surface area contributed by atoms with Crippen LogP contribution in [0.15, 0.2) is 23.8 Å². The molecule has 9 heteroatoms. The highest BCUT2D eigenvalue weighted by atomic mass is 32.2. The highest BCUT2D eigenvalue weighted by Crippen LogP contribution is 2.72. The van der Waals surface area contributed by atoms with E-state index < -0.39 is 69.0 Å². The van der Waals surface area contributed by atoms with Gasteiger partial charge in [-0.15, -0.1) is 0 Å². The van der Waals surface area contributed by atoms with Crippen molar-refractivity contribution in [1.82, 2.24) is 0 Å². The molecule has 0 heterocycles. The van der Waals surface area contributed by atoms with E-state index in [0.717, 1.165) is 37.1 Å². The SMILES string of the molecule is C[C@@H]1CC2C3C[C@H](F)C4=CC(=O)C=C[C@]4(C)[C@@]3(F)[C@@H](O)C[C@]2(C)[C@@]1(OC(=O)C1CCCCC1)C(=O)SCC#N. The number of carbonyl (C=O) groups is 3. The van der Waals surface area contributed by atoms with Crippen LogP contribution in [0.3, 0.4) is 0 Å². The summed E-state index contributed by atoms with van der Waals surface area (Å²) in [5.41, 5.74) is -6.64. The zero-order valence-electron chi connectivity index (χ0n) is 22.8. The van der Waals surface area contributed by atoms with Crippen molar-refractivity contribution in [3.63, 3.8) is 0 Å². The minimum Gasteiger partial charge on any atom is -0.449 e. The van der Waals surface area contributed by atoms with Gasteiger partial charge in [-0.1, -0.05) is 50.9 Å². The zero-order chi connectivity index (χ0) is 28.4. The third-order valence-electron chi connectivity index (χ3n) is 10.9. The quantitative estimate of drug-likeness (QED) is 0.471. The Balaban J connectivity index is 1.60. The van der Waals surface area contributed by atoms with Crippen molar-refractivity contribution in [1.29, 1.82) is 5.26 Å². The molecule has 212 valence electrons. The molecule has 0 radical (unpaired) electrons. The second-order valence-electron chi connectivity index (χ2n) is 12.7. The van der Waals surface area contributed by atoms with Crippen LogP contribution in [0, 0.1) is 45.8 Å². The third kappa shape index (κ3) is 3.83. The molecule has 0 amide bonds. The summed E-state index contributed by atoms with van der Waals surface area (Å²) >= 11 is 0.783.